The molecule has 0 heterocycles. The van der Waals surface area contributed by atoms with Gasteiger partial charge in [-0.2, -0.15) is 0 Å². The van der Waals surface area contributed by atoms with Gasteiger partial charge in [0.05, 0.1) is 0 Å². The van der Waals surface area contributed by atoms with Gasteiger partial charge in [0.25, 0.3) is 0 Å². The number of anilines is 4. The Kier molecular flexibility index (Phi) is 27.2. The average molecular weight is 873 g/mol. The summed E-state index contributed by atoms with van der Waals surface area (Å²) in [5, 5.41) is 0. The van der Waals surface area contributed by atoms with Gasteiger partial charge in [0.1, 0.15) is 0 Å². The SMILES string of the molecule is CCCCc1ccccc1N(C(=S)[S-])c1ccccc1CCCC.CCCCc1ccccc1N(C(=S)[S-])c1ccccc1CCCC.[Mo+6].[S-2].[S-2]. The molecular weight excluding hydrogens is 821 g/mol. The van der Waals surface area contributed by atoms with Crippen molar-refractivity contribution in [3.63, 3.8) is 0 Å². The summed E-state index contributed by atoms with van der Waals surface area (Å²) in [7, 11) is 0. The van der Waals surface area contributed by atoms with Crippen LogP contribution in [0.2, 0.25) is 0 Å². The van der Waals surface area contributed by atoms with Gasteiger partial charge in [0.2, 0.25) is 0 Å². The van der Waals surface area contributed by atoms with Crippen molar-refractivity contribution in [2.75, 3.05) is 9.80 Å². The predicted octanol–water partition coefficient (Wildman–Crippen LogP) is 12.7. The molecule has 4 aromatic carbocycles. The zero-order chi connectivity index (χ0) is 34.7. The van der Waals surface area contributed by atoms with Crippen LogP contribution in [-0.2, 0) is 99.0 Å². The van der Waals surface area contributed by atoms with E-state index in [0.717, 1.165) is 48.4 Å². The van der Waals surface area contributed by atoms with Crippen molar-refractivity contribution in [1.29, 1.82) is 0 Å². The van der Waals surface area contributed by atoms with Crippen LogP contribution in [0.3, 0.4) is 0 Å². The number of benzene rings is 4. The maximum absolute atomic E-state index is 5.47. The van der Waals surface area contributed by atoms with Gasteiger partial charge < -0.3 is 86.5 Å². The summed E-state index contributed by atoms with van der Waals surface area (Å²) < 4.78 is 0.978. The minimum Gasteiger partial charge on any atom is -2.00 e. The van der Waals surface area contributed by atoms with Gasteiger partial charge in [-0.05, 0) is 97.9 Å². The van der Waals surface area contributed by atoms with Gasteiger partial charge in [-0.1, -0.05) is 135 Å². The van der Waals surface area contributed by atoms with E-state index >= 15 is 0 Å². The summed E-state index contributed by atoms with van der Waals surface area (Å²) in [6, 6.07) is 34.0. The van der Waals surface area contributed by atoms with Crippen LogP contribution in [0.4, 0.5) is 22.7 Å². The molecule has 0 radical (unpaired) electrons. The molecule has 0 aliphatic rings. The standard InChI is InChI=1S/2C21H27NS2.Mo.2S/c2*1-3-5-11-17-13-7-9-15-19(17)22(21(23)24)20-16-10-8-14-18(20)12-6-4-2;;;/h2*7-10,13-16H,3-6,11-12H2,1-2H3,(H,23,24);;;/q;;+6;2*-2/p-2. The molecule has 0 aliphatic carbocycles. The first kappa shape index (κ1) is 49.5. The van der Waals surface area contributed by atoms with Crippen LogP contribution >= 0.6 is 24.4 Å². The van der Waals surface area contributed by atoms with Crippen molar-refractivity contribution >= 4 is 108 Å². The number of para-hydroxylation sites is 4. The van der Waals surface area contributed by atoms with E-state index in [1.807, 2.05) is 0 Å². The monoisotopic (exact) mass is 874 g/mol. The number of hydrogen-bond donors (Lipinski definition) is 0. The summed E-state index contributed by atoms with van der Waals surface area (Å²) >= 11 is 21.9. The van der Waals surface area contributed by atoms with Crippen LogP contribution in [0, 0.1) is 0 Å². The first-order valence-corrected chi connectivity index (χ1v) is 19.3. The second kappa shape index (κ2) is 28.0. The third-order valence-electron chi connectivity index (χ3n) is 8.49. The second-order valence-corrected chi connectivity index (χ2v) is 14.2. The van der Waals surface area contributed by atoms with Crippen molar-refractivity contribution < 1.29 is 21.1 Å². The van der Waals surface area contributed by atoms with E-state index in [2.05, 4.69) is 135 Å². The third kappa shape index (κ3) is 15.4. The molecule has 4 aromatic rings. The van der Waals surface area contributed by atoms with E-state index in [-0.39, 0.29) is 48.1 Å². The molecule has 2 nitrogen and oxygen atoms in total. The zero-order valence-electron chi connectivity index (χ0n) is 30.5. The van der Waals surface area contributed by atoms with Crippen LogP contribution in [0.1, 0.15) is 101 Å². The Balaban J connectivity index is 0.000000926. The molecule has 0 aromatic heterocycles. The molecule has 0 N–H and O–H groups in total. The smallest absolute Gasteiger partial charge is 2.00 e. The van der Waals surface area contributed by atoms with Gasteiger partial charge in [-0.15, -0.1) is 0 Å². The molecule has 0 amide bonds. The number of nitrogens with zero attached hydrogens (tertiary/aromatic N) is 2. The number of rotatable bonds is 16. The van der Waals surface area contributed by atoms with Crippen LogP contribution in [0.5, 0.6) is 0 Å². The minimum absolute atomic E-state index is 0. The van der Waals surface area contributed by atoms with Crippen molar-refractivity contribution in [2.24, 2.45) is 0 Å². The predicted molar refractivity (Wildman–Crippen MR) is 239 cm³/mol. The maximum atomic E-state index is 5.47. The van der Waals surface area contributed by atoms with Crippen molar-refractivity contribution in [3.8, 4) is 0 Å². The van der Waals surface area contributed by atoms with E-state index in [1.165, 1.54) is 73.6 Å². The molecule has 272 valence electrons. The number of unbranched alkanes of at least 4 members (excludes halogenated alkanes) is 4. The molecule has 0 atom stereocenters. The van der Waals surface area contributed by atoms with Crippen molar-refractivity contribution in [3.05, 3.63) is 119 Å². The van der Waals surface area contributed by atoms with E-state index in [9.17, 15) is 0 Å². The summed E-state index contributed by atoms with van der Waals surface area (Å²) in [5.74, 6) is 0. The number of aryl methyl sites for hydroxylation is 4. The third-order valence-corrected chi connectivity index (χ3v) is 9.22. The van der Waals surface area contributed by atoms with Gasteiger partial charge in [-0.3, -0.25) is 0 Å². The molecular formula is C42H52MoN2S6. The van der Waals surface area contributed by atoms with Crippen LogP contribution in [0.15, 0.2) is 97.1 Å². The molecule has 9 heteroatoms. The van der Waals surface area contributed by atoms with Crippen molar-refractivity contribution in [1.82, 2.24) is 0 Å². The second-order valence-electron chi connectivity index (χ2n) is 12.1. The molecule has 0 fully saturated rings. The summed E-state index contributed by atoms with van der Waals surface area (Å²) in [6.07, 6.45) is 13.6. The van der Waals surface area contributed by atoms with Gasteiger partial charge in [0.15, 0.2) is 0 Å². The largest absolute Gasteiger partial charge is 6.00 e. The quantitative estimate of drug-likeness (QED) is 0.0624. The van der Waals surface area contributed by atoms with E-state index in [4.69, 9.17) is 49.7 Å². The normalized spacial score (nSPS) is 9.96. The fourth-order valence-electron chi connectivity index (χ4n) is 5.88. The first-order chi connectivity index (χ1) is 23.4. The van der Waals surface area contributed by atoms with Crippen LogP contribution < -0.4 is 9.80 Å². The van der Waals surface area contributed by atoms with Gasteiger partial charge in [-0.25, -0.2) is 0 Å². The Morgan fingerprint density at radius 3 is 0.804 bits per heavy atom. The summed E-state index contributed by atoms with van der Waals surface area (Å²) in [5.41, 5.74) is 9.80. The Bertz CT molecular complexity index is 1360. The molecule has 0 unspecified atom stereocenters. The molecule has 0 bridgehead atoms. The minimum atomic E-state index is 0. The molecule has 51 heavy (non-hydrogen) atoms. The average Bonchev–Trinajstić information content (AvgIpc) is 3.10. The summed E-state index contributed by atoms with van der Waals surface area (Å²) in [4.78, 5) is 4.17. The Morgan fingerprint density at radius 2 is 0.627 bits per heavy atom. The molecule has 0 saturated carbocycles. The first-order valence-electron chi connectivity index (χ1n) is 17.7. The van der Waals surface area contributed by atoms with E-state index < -0.39 is 0 Å². The van der Waals surface area contributed by atoms with Gasteiger partial charge in [0, 0.05) is 22.7 Å². The molecule has 0 aliphatic heterocycles. The number of hydrogen-bond acceptors (Lipinski definition) is 4. The Labute approximate surface area is 359 Å². The Hall–Kier alpha value is -1.51. The van der Waals surface area contributed by atoms with E-state index in [0.29, 0.717) is 8.64 Å². The fourth-order valence-corrected chi connectivity index (χ4v) is 6.67. The molecule has 0 saturated heterocycles. The summed E-state index contributed by atoms with van der Waals surface area (Å²) in [6.45, 7) is 8.88. The van der Waals surface area contributed by atoms with Crippen molar-refractivity contribution in [2.45, 2.75) is 105 Å². The molecule has 0 spiro atoms. The maximum Gasteiger partial charge on any atom is 6.00 e. The Morgan fingerprint density at radius 1 is 0.431 bits per heavy atom. The fraction of sp³-hybridized carbons (Fsp3) is 0.381. The molecule has 4 rings (SSSR count). The topological polar surface area (TPSA) is 6.48 Å². The zero-order valence-corrected chi connectivity index (χ0v) is 37.4. The van der Waals surface area contributed by atoms with Crippen LogP contribution in [0.25, 0.3) is 0 Å². The van der Waals surface area contributed by atoms with E-state index in [1.54, 1.807) is 0 Å². The van der Waals surface area contributed by atoms with Crippen LogP contribution in [-0.4, -0.2) is 8.64 Å². The number of thiocarbonyl (C=S) groups is 2. The van der Waals surface area contributed by atoms with Gasteiger partial charge >= 0.3 is 21.1 Å².